The van der Waals surface area contributed by atoms with Crippen molar-refractivity contribution in [3.8, 4) is 11.1 Å². The molecular weight excluding hydrogens is 454 g/mol. The van der Waals surface area contributed by atoms with Gasteiger partial charge in [0.25, 0.3) is 0 Å². The van der Waals surface area contributed by atoms with Gasteiger partial charge in [-0.05, 0) is 77.9 Å². The van der Waals surface area contributed by atoms with Crippen molar-refractivity contribution in [1.82, 2.24) is 0 Å². The first-order valence-corrected chi connectivity index (χ1v) is 12.4. The average molecular weight is 476 g/mol. The second kappa shape index (κ2) is 7.74. The van der Waals surface area contributed by atoms with Gasteiger partial charge in [0, 0.05) is 32.9 Å². The predicted octanol–water partition coefficient (Wildman–Crippen LogP) is 10.1. The Hall–Kier alpha value is -5.02. The van der Waals surface area contributed by atoms with E-state index in [1.165, 1.54) is 0 Å². The van der Waals surface area contributed by atoms with Crippen molar-refractivity contribution < 1.29 is 8.83 Å². The third kappa shape index (κ3) is 3.08. The van der Waals surface area contributed by atoms with Crippen LogP contribution in [0.1, 0.15) is 0 Å². The van der Waals surface area contributed by atoms with Crippen LogP contribution in [0.4, 0.5) is 17.1 Å². The number of para-hydroxylation sites is 3. The molecule has 0 fully saturated rings. The van der Waals surface area contributed by atoms with E-state index in [1.807, 2.05) is 36.4 Å². The molecule has 3 heterocycles. The van der Waals surface area contributed by atoms with Crippen molar-refractivity contribution in [2.24, 2.45) is 0 Å². The smallest absolute Gasteiger partial charge is 0.159 e. The number of benzene rings is 6. The molecule has 0 unspecified atom stereocenters. The molecular formula is C34H21NO2. The number of hydrogen-bond acceptors (Lipinski definition) is 3. The highest BCUT2D eigenvalue weighted by atomic mass is 16.3. The van der Waals surface area contributed by atoms with E-state index < -0.39 is 0 Å². The van der Waals surface area contributed by atoms with Gasteiger partial charge >= 0.3 is 0 Å². The summed E-state index contributed by atoms with van der Waals surface area (Å²) in [6, 6.07) is 44.4. The topological polar surface area (TPSA) is 29.5 Å². The normalized spacial score (nSPS) is 11.8. The molecule has 0 saturated heterocycles. The molecule has 2 bridgehead atoms. The van der Waals surface area contributed by atoms with E-state index in [2.05, 4.69) is 95.9 Å². The Morgan fingerprint density at radius 2 is 1.00 bits per heavy atom. The zero-order valence-corrected chi connectivity index (χ0v) is 19.9. The van der Waals surface area contributed by atoms with Crippen molar-refractivity contribution in [3.63, 3.8) is 0 Å². The molecule has 5 aromatic carbocycles. The lowest BCUT2D eigenvalue weighted by molar-refractivity contribution is 0.669. The molecule has 0 aliphatic rings. The van der Waals surface area contributed by atoms with Crippen LogP contribution >= 0.6 is 0 Å². The summed E-state index contributed by atoms with van der Waals surface area (Å²) in [5.74, 6) is 0. The van der Waals surface area contributed by atoms with Crippen LogP contribution in [0.2, 0.25) is 0 Å². The second-order valence-electron chi connectivity index (χ2n) is 9.40. The summed E-state index contributed by atoms with van der Waals surface area (Å²) in [5.41, 5.74) is 9.04. The average Bonchev–Trinajstić information content (AvgIpc) is 3.68. The molecule has 37 heavy (non-hydrogen) atoms. The van der Waals surface area contributed by atoms with Crippen LogP contribution in [0, 0.1) is 0 Å². The molecule has 0 aliphatic carbocycles. The van der Waals surface area contributed by atoms with E-state index in [-0.39, 0.29) is 0 Å². The largest absolute Gasteiger partial charge is 0.456 e. The van der Waals surface area contributed by atoms with Crippen LogP contribution in [0.25, 0.3) is 55.0 Å². The van der Waals surface area contributed by atoms with Crippen molar-refractivity contribution in [3.05, 3.63) is 127 Å². The summed E-state index contributed by atoms with van der Waals surface area (Å²) in [6.45, 7) is 0. The summed E-state index contributed by atoms with van der Waals surface area (Å²) < 4.78 is 12.5. The standard InChI is InChI=1S/C34H21NO2/c1-3-9-24(10-4-1)35(25-11-5-2-6-12-25)30-21-23(20-29-26-13-7-8-14-31(26)37-34(29)30)22-15-16-27-28(19-22)33-18-17-32(27)36-33/h1-21H. The lowest BCUT2D eigenvalue weighted by atomic mass is 9.98. The molecule has 0 aliphatic heterocycles. The predicted molar refractivity (Wildman–Crippen MR) is 152 cm³/mol. The van der Waals surface area contributed by atoms with Crippen molar-refractivity contribution >= 4 is 60.9 Å². The molecule has 174 valence electrons. The van der Waals surface area contributed by atoms with Gasteiger partial charge in [0.05, 0.1) is 5.69 Å². The molecule has 0 atom stereocenters. The first kappa shape index (κ1) is 20.2. The third-order valence-electron chi connectivity index (χ3n) is 7.22. The molecule has 0 amide bonds. The maximum Gasteiger partial charge on any atom is 0.159 e. The van der Waals surface area contributed by atoms with Gasteiger partial charge in [-0.15, -0.1) is 0 Å². The molecule has 0 N–H and O–H groups in total. The molecule has 0 spiro atoms. The van der Waals surface area contributed by atoms with Crippen LogP contribution in [0.3, 0.4) is 0 Å². The van der Waals surface area contributed by atoms with E-state index >= 15 is 0 Å². The lowest BCUT2D eigenvalue weighted by Crippen LogP contribution is -2.10. The number of rotatable bonds is 4. The van der Waals surface area contributed by atoms with Gasteiger partial charge in [0.1, 0.15) is 16.7 Å². The fourth-order valence-electron chi connectivity index (χ4n) is 5.49. The van der Waals surface area contributed by atoms with Gasteiger partial charge in [-0.1, -0.05) is 60.7 Å². The van der Waals surface area contributed by atoms with Crippen molar-refractivity contribution in [1.29, 1.82) is 0 Å². The van der Waals surface area contributed by atoms with E-state index in [9.17, 15) is 0 Å². The van der Waals surface area contributed by atoms with E-state index in [4.69, 9.17) is 8.83 Å². The highest BCUT2D eigenvalue weighted by molar-refractivity contribution is 6.13. The molecule has 3 aromatic heterocycles. The third-order valence-corrected chi connectivity index (χ3v) is 7.22. The Morgan fingerprint density at radius 3 is 1.76 bits per heavy atom. The van der Waals surface area contributed by atoms with Crippen LogP contribution in [-0.4, -0.2) is 0 Å². The molecule has 0 saturated carbocycles. The lowest BCUT2D eigenvalue weighted by Gasteiger charge is -2.26. The number of anilines is 3. The van der Waals surface area contributed by atoms with Crippen LogP contribution < -0.4 is 4.90 Å². The Morgan fingerprint density at radius 1 is 0.405 bits per heavy atom. The van der Waals surface area contributed by atoms with Crippen molar-refractivity contribution in [2.75, 3.05) is 4.90 Å². The summed E-state index contributed by atoms with van der Waals surface area (Å²) in [4.78, 5) is 2.28. The Labute approximate surface area is 213 Å². The summed E-state index contributed by atoms with van der Waals surface area (Å²) >= 11 is 0. The monoisotopic (exact) mass is 475 g/mol. The Bertz CT molecular complexity index is 1990. The zero-order valence-electron chi connectivity index (χ0n) is 19.9. The Kier molecular flexibility index (Phi) is 4.23. The SMILES string of the molecule is c1ccc(N(c2ccccc2)c2cc(-c3ccc4c5ccc(o5)c4c3)cc3c2oc2ccccc23)cc1. The molecule has 8 aromatic rings. The van der Waals surface area contributed by atoms with E-state index in [1.54, 1.807) is 0 Å². The number of nitrogens with zero attached hydrogens (tertiary/aromatic N) is 1. The summed E-state index contributed by atoms with van der Waals surface area (Å²) in [7, 11) is 0. The number of furan rings is 3. The number of hydrogen-bond donors (Lipinski definition) is 0. The fraction of sp³-hybridized carbons (Fsp3) is 0. The van der Waals surface area contributed by atoms with Gasteiger partial charge in [-0.2, -0.15) is 0 Å². The highest BCUT2D eigenvalue weighted by Crippen LogP contribution is 2.45. The molecule has 8 rings (SSSR count). The van der Waals surface area contributed by atoms with Crippen molar-refractivity contribution in [2.45, 2.75) is 0 Å². The van der Waals surface area contributed by atoms with Gasteiger partial charge in [-0.3, -0.25) is 0 Å². The second-order valence-corrected chi connectivity index (χ2v) is 9.40. The van der Waals surface area contributed by atoms with Gasteiger partial charge in [-0.25, -0.2) is 0 Å². The molecule has 3 heteroatoms. The van der Waals surface area contributed by atoms with Crippen LogP contribution in [0.5, 0.6) is 0 Å². The first-order chi connectivity index (χ1) is 18.3. The highest BCUT2D eigenvalue weighted by Gasteiger charge is 2.21. The maximum absolute atomic E-state index is 6.53. The molecule has 0 radical (unpaired) electrons. The van der Waals surface area contributed by atoms with Crippen LogP contribution in [-0.2, 0) is 0 Å². The van der Waals surface area contributed by atoms with Gasteiger partial charge in [0.2, 0.25) is 0 Å². The minimum Gasteiger partial charge on any atom is -0.456 e. The summed E-state index contributed by atoms with van der Waals surface area (Å²) in [6.07, 6.45) is 0. The zero-order chi connectivity index (χ0) is 24.3. The minimum atomic E-state index is 0.870. The van der Waals surface area contributed by atoms with Crippen LogP contribution in [0.15, 0.2) is 136 Å². The summed E-state index contributed by atoms with van der Waals surface area (Å²) in [5, 5.41) is 4.52. The first-order valence-electron chi connectivity index (χ1n) is 12.4. The Balaban J connectivity index is 1.45. The number of fused-ring (bicyclic) bond motifs is 8. The van der Waals surface area contributed by atoms with E-state index in [0.29, 0.717) is 0 Å². The minimum absolute atomic E-state index is 0.870. The fourth-order valence-corrected chi connectivity index (χ4v) is 5.49. The molecule has 3 nitrogen and oxygen atoms in total. The van der Waals surface area contributed by atoms with E-state index in [0.717, 1.165) is 72.1 Å². The maximum atomic E-state index is 6.53. The van der Waals surface area contributed by atoms with Gasteiger partial charge in [0.15, 0.2) is 5.58 Å². The van der Waals surface area contributed by atoms with Gasteiger partial charge < -0.3 is 13.7 Å². The quantitative estimate of drug-likeness (QED) is 0.254.